The topological polar surface area (TPSA) is 66.8 Å². The molecule has 10 atom stereocenters. The van der Waals surface area contributed by atoms with E-state index < -0.39 is 0 Å². The van der Waals surface area contributed by atoms with Crippen LogP contribution in [0.3, 0.4) is 0 Å². The number of esters is 2. The van der Waals surface area contributed by atoms with Gasteiger partial charge in [0.05, 0.1) is 19.4 Å². The van der Waals surface area contributed by atoms with Gasteiger partial charge in [-0.25, -0.2) is 9.13 Å². The van der Waals surface area contributed by atoms with Gasteiger partial charge in [0.1, 0.15) is 19.2 Å². The van der Waals surface area contributed by atoms with Crippen LogP contribution in [0.5, 0.6) is 0 Å². The highest BCUT2D eigenvalue weighted by Gasteiger charge is 2.71. The first-order valence-electron chi connectivity index (χ1n) is 23.7. The average Bonchev–Trinajstić information content (AvgIpc) is 3.59. The predicted octanol–water partition coefficient (Wildman–Crippen LogP) is 3.77. The average molecular weight is 985 g/mol. The summed E-state index contributed by atoms with van der Waals surface area (Å²) in [6, 6.07) is 8.47. The smallest absolute Gasteiger partial charge is 0.306 e. The minimum atomic E-state index is -0.0734. The highest BCUT2D eigenvalue weighted by molar-refractivity contribution is 5.69. The third-order valence-electron chi connectivity index (χ3n) is 18.3. The Kier molecular flexibility index (Phi) is 15.9. The molecule has 0 aliphatic heterocycles. The highest BCUT2D eigenvalue weighted by atomic mass is 79.9. The van der Waals surface area contributed by atoms with Crippen LogP contribution in [-0.2, 0) is 32.2 Å². The summed E-state index contributed by atoms with van der Waals surface area (Å²) in [7, 11) is 8.20. The Morgan fingerprint density at radius 2 is 1.26 bits per heavy atom. The number of fused-ring (bicyclic) bond motifs is 7. The molecule has 2 heterocycles. The molecule has 2 aromatic rings. The van der Waals surface area contributed by atoms with Crippen molar-refractivity contribution in [3.8, 4) is 0 Å². The molecule has 5 saturated carbocycles. The lowest BCUT2D eigenvalue weighted by molar-refractivity contribution is -0.697. The van der Waals surface area contributed by atoms with Crippen molar-refractivity contribution >= 4 is 23.3 Å². The quantitative estimate of drug-likeness (QED) is 0.164. The van der Waals surface area contributed by atoms with E-state index in [0.717, 1.165) is 51.6 Å². The van der Waals surface area contributed by atoms with E-state index in [1.807, 2.05) is 0 Å². The third kappa shape index (κ3) is 9.31. The number of carbonyl (C=O) groups excluding carboxylic acids is 2. The molecule has 0 amide bonds. The van der Waals surface area contributed by atoms with Gasteiger partial charge in [-0.05, 0) is 117 Å². The first-order valence-corrected chi connectivity index (χ1v) is 23.7. The minimum Gasteiger partial charge on any atom is -1.00 e. The van der Waals surface area contributed by atoms with Gasteiger partial charge in [0.15, 0.2) is 24.8 Å². The zero-order valence-corrected chi connectivity index (χ0v) is 43.2. The lowest BCUT2D eigenvalue weighted by Crippen LogP contribution is -3.00. The fourth-order valence-electron chi connectivity index (χ4n) is 14.8. The molecule has 8 nitrogen and oxygen atoms in total. The first-order chi connectivity index (χ1) is 28.3. The number of nitrogens with zero attached hydrogens (tertiary/aromatic N) is 4. The van der Waals surface area contributed by atoms with Crippen molar-refractivity contribution in [3.63, 3.8) is 0 Å². The normalized spacial score (nSPS) is 34.1. The molecule has 346 valence electrons. The van der Waals surface area contributed by atoms with E-state index in [0.29, 0.717) is 49.0 Å². The predicted molar refractivity (Wildman–Crippen MR) is 240 cm³/mol. The van der Waals surface area contributed by atoms with Crippen molar-refractivity contribution in [2.24, 2.45) is 56.7 Å². The van der Waals surface area contributed by atoms with Crippen molar-refractivity contribution in [2.75, 3.05) is 44.6 Å². The van der Waals surface area contributed by atoms with E-state index >= 15 is 0 Å². The summed E-state index contributed by atoms with van der Waals surface area (Å²) >= 11 is 0. The lowest BCUT2D eigenvalue weighted by atomic mass is 9.32. The number of hydrogen-bond acceptors (Lipinski definition) is 6. The number of pyridine rings is 2. The van der Waals surface area contributed by atoms with E-state index in [4.69, 9.17) is 9.47 Å². The Balaban J connectivity index is 0.00000363. The van der Waals surface area contributed by atoms with Crippen molar-refractivity contribution in [1.82, 2.24) is 0 Å². The molecule has 0 aromatic carbocycles. The molecule has 0 bridgehead atoms. The Hall–Kier alpha value is -2.46. The number of hydrogen-bond donors (Lipinski definition) is 0. The van der Waals surface area contributed by atoms with Crippen molar-refractivity contribution in [2.45, 2.75) is 151 Å². The Labute approximate surface area is 396 Å². The van der Waals surface area contributed by atoms with Crippen LogP contribution in [0, 0.1) is 56.7 Å². The van der Waals surface area contributed by atoms with Crippen molar-refractivity contribution in [1.29, 1.82) is 0 Å². The summed E-state index contributed by atoms with van der Waals surface area (Å²) in [6.45, 7) is 21.9. The zero-order chi connectivity index (χ0) is 43.3. The third-order valence-corrected chi connectivity index (χ3v) is 18.3. The molecular formula is C52H80Br2N4O4. The van der Waals surface area contributed by atoms with Gasteiger partial charge < -0.3 is 53.2 Å². The molecule has 0 saturated heterocycles. The SMILES string of the molecule is C=C(C)[C@@H]1CC[C@]2(COC(=O)CCC[n+]3ccc(N(C)C)cc3)CC[C@]3(C)[C@H](CC[C@@H]4[C@@]5(C)CC[C@H](OC(=O)CCC[n+]6ccc(N(C)C)cc6)C(C)(C)[C@@H]5CC[C@]43C)[C@@H]12.[Br-].[Br-]. The van der Waals surface area contributed by atoms with Gasteiger partial charge in [-0.2, -0.15) is 0 Å². The van der Waals surface area contributed by atoms with Gasteiger partial charge in [0, 0.05) is 87.5 Å². The molecule has 5 aliphatic rings. The maximum Gasteiger partial charge on any atom is 0.306 e. The molecule has 0 radical (unpaired) electrons. The standard InChI is InChI=1S/C52H80N4O4.2BrH/c1-37(2)40-18-27-52(36-59-45(57)14-12-30-55-32-21-38(22-33-55)53(8)9)29-28-50(6)41(47(40)52)16-17-43-49(5)25-20-44(48(3,4)42(49)19-26-51(43,50)7)60-46(58)15-13-31-56-34-23-39(24-35-56)54(10)11;;/h21-24,32-35,40-44,47H,1,12-20,25-31,36H2,2-11H3;2*1H/q+2;;/p-2/t40-,41+,42-,43+,44-,47+,49-,50+,51+,52+;;/m0../s1. The zero-order valence-electron chi connectivity index (χ0n) is 40.0. The Morgan fingerprint density at radius 1 is 0.694 bits per heavy atom. The molecule has 10 heteroatoms. The van der Waals surface area contributed by atoms with Crippen LogP contribution in [0.4, 0.5) is 11.4 Å². The number of anilines is 2. The second kappa shape index (κ2) is 19.6. The number of ether oxygens (including phenoxy) is 2. The summed E-state index contributed by atoms with van der Waals surface area (Å²) in [5.41, 5.74) is 4.31. The highest BCUT2D eigenvalue weighted by Crippen LogP contribution is 2.77. The van der Waals surface area contributed by atoms with Crippen LogP contribution in [0.15, 0.2) is 61.2 Å². The van der Waals surface area contributed by atoms with Crippen LogP contribution in [0.25, 0.3) is 0 Å². The Morgan fingerprint density at radius 3 is 1.81 bits per heavy atom. The second-order valence-electron chi connectivity index (χ2n) is 22.1. The van der Waals surface area contributed by atoms with Crippen molar-refractivity contribution in [3.05, 3.63) is 61.2 Å². The Bertz CT molecular complexity index is 1870. The number of aromatic nitrogens is 2. The van der Waals surface area contributed by atoms with Gasteiger partial charge in [-0.15, -0.1) is 0 Å². The number of allylic oxidation sites excluding steroid dienone is 1. The molecule has 2 aromatic heterocycles. The van der Waals surface area contributed by atoms with Gasteiger partial charge in [0.25, 0.3) is 0 Å². The largest absolute Gasteiger partial charge is 1.00 e. The molecule has 5 aliphatic carbocycles. The van der Waals surface area contributed by atoms with Gasteiger partial charge in [-0.3, -0.25) is 9.59 Å². The molecule has 0 unspecified atom stereocenters. The van der Waals surface area contributed by atoms with E-state index in [1.165, 1.54) is 55.5 Å². The fraction of sp³-hybridized carbons (Fsp3) is 0.731. The number of aryl methyl sites for hydroxylation is 2. The van der Waals surface area contributed by atoms with Crippen LogP contribution in [0.1, 0.15) is 131 Å². The minimum absolute atomic E-state index is 0. The van der Waals surface area contributed by atoms with Crippen LogP contribution >= 0.6 is 0 Å². The number of carbonyl (C=O) groups is 2. The lowest BCUT2D eigenvalue weighted by Gasteiger charge is -2.73. The van der Waals surface area contributed by atoms with Crippen LogP contribution in [0.2, 0.25) is 0 Å². The second-order valence-corrected chi connectivity index (χ2v) is 22.1. The van der Waals surface area contributed by atoms with Gasteiger partial charge in [0.2, 0.25) is 0 Å². The summed E-state index contributed by atoms with van der Waals surface area (Å²) in [4.78, 5) is 30.9. The van der Waals surface area contributed by atoms with Crippen molar-refractivity contribution < 1.29 is 62.2 Å². The molecule has 62 heavy (non-hydrogen) atoms. The van der Waals surface area contributed by atoms with Gasteiger partial charge in [-0.1, -0.05) is 46.8 Å². The summed E-state index contributed by atoms with van der Waals surface area (Å²) < 4.78 is 17.1. The van der Waals surface area contributed by atoms with E-state index in [9.17, 15) is 9.59 Å². The monoisotopic (exact) mass is 982 g/mol. The number of halogens is 2. The van der Waals surface area contributed by atoms with E-state index in [2.05, 4.69) is 144 Å². The van der Waals surface area contributed by atoms with Crippen LogP contribution in [-0.4, -0.2) is 52.8 Å². The number of rotatable bonds is 14. The maximum atomic E-state index is 13.4. The first kappa shape index (κ1) is 50.5. The molecule has 0 N–H and O–H groups in total. The molecular weight excluding hydrogens is 904 g/mol. The van der Waals surface area contributed by atoms with E-state index in [1.54, 1.807) is 0 Å². The summed E-state index contributed by atoms with van der Waals surface area (Å²) in [6.07, 6.45) is 22.5. The maximum absolute atomic E-state index is 13.4. The fourth-order valence-corrected chi connectivity index (χ4v) is 14.8. The van der Waals surface area contributed by atoms with E-state index in [-0.39, 0.29) is 79.1 Å². The van der Waals surface area contributed by atoms with Crippen LogP contribution < -0.4 is 52.9 Å². The van der Waals surface area contributed by atoms with Gasteiger partial charge >= 0.3 is 11.9 Å². The molecule has 0 spiro atoms. The molecule has 5 fully saturated rings. The molecule has 7 rings (SSSR count). The summed E-state index contributed by atoms with van der Waals surface area (Å²) in [5, 5.41) is 0. The summed E-state index contributed by atoms with van der Waals surface area (Å²) in [5.74, 6) is 2.69.